The number of amides is 2. The number of hydrogen-bond donors (Lipinski definition) is 2. The summed E-state index contributed by atoms with van der Waals surface area (Å²) in [6.07, 6.45) is 2.86. The maximum atomic E-state index is 13.5. The van der Waals surface area contributed by atoms with Crippen LogP contribution in [-0.4, -0.2) is 38.5 Å². The second-order valence-corrected chi connectivity index (χ2v) is 8.30. The highest BCUT2D eigenvalue weighted by Crippen LogP contribution is 2.45. The Morgan fingerprint density at radius 3 is 2.55 bits per heavy atom. The molecule has 2 aliphatic heterocycles. The number of rotatable bonds is 6. The number of likely N-dealkylation sites (N-methyl/N-ethyl adjacent to an activating group) is 1. The summed E-state index contributed by atoms with van der Waals surface area (Å²) in [6, 6.07) is 17.9. The standard InChI is InChI=1S/C24H29N3O2/c1-27-21-10-6-5-9-20(21)24(23(27)29,15-18-7-3-2-4-8-18)16-22(28)26-17-19-11-13-25-14-12-19/h2-10,19,25H,11-17H2,1H3,(H,26,28)/t24-/m1/s1. The Morgan fingerprint density at radius 1 is 1.10 bits per heavy atom. The topological polar surface area (TPSA) is 61.4 Å². The van der Waals surface area contributed by atoms with Crippen molar-refractivity contribution in [3.8, 4) is 0 Å². The Morgan fingerprint density at radius 2 is 1.79 bits per heavy atom. The van der Waals surface area contributed by atoms with Crippen LogP contribution >= 0.6 is 0 Å². The van der Waals surface area contributed by atoms with E-state index in [4.69, 9.17) is 0 Å². The molecule has 0 saturated carbocycles. The Labute approximate surface area is 172 Å². The smallest absolute Gasteiger partial charge is 0.238 e. The number of carbonyl (C=O) groups is 2. The molecule has 2 heterocycles. The monoisotopic (exact) mass is 391 g/mol. The minimum atomic E-state index is -0.856. The Bertz CT molecular complexity index is 877. The first-order chi connectivity index (χ1) is 14.1. The number of piperidine rings is 1. The first-order valence-electron chi connectivity index (χ1n) is 10.5. The number of para-hydroxylation sites is 1. The molecule has 1 fully saturated rings. The van der Waals surface area contributed by atoms with Gasteiger partial charge in [-0.15, -0.1) is 0 Å². The molecule has 2 aromatic carbocycles. The Balaban J connectivity index is 1.59. The van der Waals surface area contributed by atoms with Crippen molar-refractivity contribution in [1.29, 1.82) is 0 Å². The molecule has 2 amide bonds. The number of benzene rings is 2. The molecule has 0 bridgehead atoms. The SMILES string of the molecule is CN1C(=O)[C@@](CC(=O)NCC2CCNCC2)(Cc2ccccc2)c2ccccc21. The number of anilines is 1. The molecule has 29 heavy (non-hydrogen) atoms. The number of carbonyl (C=O) groups excluding carboxylic acids is 2. The van der Waals surface area contributed by atoms with Crippen LogP contribution in [0.15, 0.2) is 54.6 Å². The van der Waals surface area contributed by atoms with Gasteiger partial charge in [0.15, 0.2) is 0 Å². The molecule has 4 rings (SSSR count). The van der Waals surface area contributed by atoms with Gasteiger partial charge in [-0.1, -0.05) is 48.5 Å². The van der Waals surface area contributed by atoms with E-state index in [1.54, 1.807) is 11.9 Å². The fourth-order valence-electron chi connectivity index (χ4n) is 4.75. The summed E-state index contributed by atoms with van der Waals surface area (Å²) in [6.45, 7) is 2.71. The summed E-state index contributed by atoms with van der Waals surface area (Å²) in [5.41, 5.74) is 2.07. The predicted octanol–water partition coefficient (Wildman–Crippen LogP) is 2.65. The van der Waals surface area contributed by atoms with Crippen molar-refractivity contribution in [3.63, 3.8) is 0 Å². The normalized spacial score (nSPS) is 21.8. The minimum absolute atomic E-state index is 0.000399. The minimum Gasteiger partial charge on any atom is -0.356 e. The van der Waals surface area contributed by atoms with Crippen LogP contribution < -0.4 is 15.5 Å². The largest absolute Gasteiger partial charge is 0.356 e. The number of fused-ring (bicyclic) bond motifs is 1. The zero-order chi connectivity index (χ0) is 20.3. The van der Waals surface area contributed by atoms with E-state index in [1.165, 1.54) is 0 Å². The molecule has 1 saturated heterocycles. The summed E-state index contributed by atoms with van der Waals surface area (Å²) in [5, 5.41) is 6.47. The molecule has 1 atom stereocenters. The number of hydrogen-bond acceptors (Lipinski definition) is 3. The van der Waals surface area contributed by atoms with E-state index in [-0.39, 0.29) is 18.2 Å². The van der Waals surface area contributed by atoms with Crippen molar-refractivity contribution in [1.82, 2.24) is 10.6 Å². The average Bonchev–Trinajstić information content (AvgIpc) is 2.96. The van der Waals surface area contributed by atoms with Crippen LogP contribution in [0.2, 0.25) is 0 Å². The fourth-order valence-corrected chi connectivity index (χ4v) is 4.75. The first kappa shape index (κ1) is 19.6. The van der Waals surface area contributed by atoms with Crippen molar-refractivity contribution in [2.75, 3.05) is 31.6 Å². The summed E-state index contributed by atoms with van der Waals surface area (Å²) in [5.74, 6) is 0.469. The van der Waals surface area contributed by atoms with Crippen LogP contribution in [0.3, 0.4) is 0 Å². The maximum absolute atomic E-state index is 13.5. The highest BCUT2D eigenvalue weighted by molar-refractivity contribution is 6.09. The quantitative estimate of drug-likeness (QED) is 0.796. The summed E-state index contributed by atoms with van der Waals surface area (Å²) in [4.78, 5) is 28.2. The lowest BCUT2D eigenvalue weighted by molar-refractivity contribution is -0.129. The lowest BCUT2D eigenvalue weighted by Gasteiger charge is -2.29. The van der Waals surface area contributed by atoms with Gasteiger partial charge in [0, 0.05) is 25.7 Å². The van der Waals surface area contributed by atoms with Gasteiger partial charge in [-0.2, -0.15) is 0 Å². The average molecular weight is 392 g/mol. The van der Waals surface area contributed by atoms with Gasteiger partial charge in [-0.3, -0.25) is 9.59 Å². The van der Waals surface area contributed by atoms with Crippen LogP contribution in [0.25, 0.3) is 0 Å². The van der Waals surface area contributed by atoms with Gasteiger partial charge in [0.25, 0.3) is 0 Å². The third kappa shape index (κ3) is 3.92. The lowest BCUT2D eigenvalue weighted by Crippen LogP contribution is -2.45. The van der Waals surface area contributed by atoms with Crippen LogP contribution in [0.1, 0.15) is 30.4 Å². The third-order valence-electron chi connectivity index (χ3n) is 6.35. The molecule has 0 unspecified atom stereocenters. The van der Waals surface area contributed by atoms with Crippen molar-refractivity contribution >= 4 is 17.5 Å². The number of nitrogens with one attached hydrogen (secondary N) is 2. The van der Waals surface area contributed by atoms with Gasteiger partial charge < -0.3 is 15.5 Å². The highest BCUT2D eigenvalue weighted by atomic mass is 16.2. The van der Waals surface area contributed by atoms with Gasteiger partial charge in [0.1, 0.15) is 0 Å². The van der Waals surface area contributed by atoms with E-state index in [9.17, 15) is 9.59 Å². The molecule has 152 valence electrons. The van der Waals surface area contributed by atoms with E-state index in [0.717, 1.165) is 42.7 Å². The van der Waals surface area contributed by atoms with E-state index < -0.39 is 5.41 Å². The van der Waals surface area contributed by atoms with E-state index >= 15 is 0 Å². The lowest BCUT2D eigenvalue weighted by atomic mass is 9.73. The predicted molar refractivity (Wildman–Crippen MR) is 115 cm³/mol. The summed E-state index contributed by atoms with van der Waals surface area (Å²) < 4.78 is 0. The molecule has 0 radical (unpaired) electrons. The molecule has 2 aromatic rings. The van der Waals surface area contributed by atoms with Gasteiger partial charge >= 0.3 is 0 Å². The molecule has 5 nitrogen and oxygen atoms in total. The summed E-state index contributed by atoms with van der Waals surface area (Å²) >= 11 is 0. The van der Waals surface area contributed by atoms with Gasteiger partial charge in [-0.05, 0) is 55.5 Å². The van der Waals surface area contributed by atoms with Crippen LogP contribution in [-0.2, 0) is 21.4 Å². The van der Waals surface area contributed by atoms with Crippen LogP contribution in [0.5, 0.6) is 0 Å². The second-order valence-electron chi connectivity index (χ2n) is 8.30. The Hall–Kier alpha value is -2.66. The molecule has 0 spiro atoms. The molecule has 0 aliphatic carbocycles. The molecule has 2 N–H and O–H groups in total. The van der Waals surface area contributed by atoms with Crippen LogP contribution in [0, 0.1) is 5.92 Å². The molecule has 0 aromatic heterocycles. The van der Waals surface area contributed by atoms with Crippen LogP contribution in [0.4, 0.5) is 5.69 Å². The van der Waals surface area contributed by atoms with E-state index in [2.05, 4.69) is 10.6 Å². The van der Waals surface area contributed by atoms with Gasteiger partial charge in [0.05, 0.1) is 5.41 Å². The highest BCUT2D eigenvalue weighted by Gasteiger charge is 2.50. The van der Waals surface area contributed by atoms with E-state index in [1.807, 2.05) is 54.6 Å². The molecular weight excluding hydrogens is 362 g/mol. The maximum Gasteiger partial charge on any atom is 0.238 e. The van der Waals surface area contributed by atoms with Crippen molar-refractivity contribution in [3.05, 3.63) is 65.7 Å². The molecule has 5 heteroatoms. The molecule has 2 aliphatic rings. The van der Waals surface area contributed by atoms with Crippen molar-refractivity contribution in [2.45, 2.75) is 31.1 Å². The second kappa shape index (κ2) is 8.37. The zero-order valence-electron chi connectivity index (χ0n) is 17.0. The zero-order valence-corrected chi connectivity index (χ0v) is 17.0. The van der Waals surface area contributed by atoms with Gasteiger partial charge in [0.2, 0.25) is 11.8 Å². The first-order valence-corrected chi connectivity index (χ1v) is 10.5. The van der Waals surface area contributed by atoms with Crippen molar-refractivity contribution < 1.29 is 9.59 Å². The third-order valence-corrected chi connectivity index (χ3v) is 6.35. The van der Waals surface area contributed by atoms with Gasteiger partial charge in [-0.25, -0.2) is 0 Å². The van der Waals surface area contributed by atoms with Crippen molar-refractivity contribution in [2.24, 2.45) is 5.92 Å². The number of nitrogens with zero attached hydrogens (tertiary/aromatic N) is 1. The van der Waals surface area contributed by atoms with E-state index in [0.29, 0.717) is 18.9 Å². The fraction of sp³-hybridized carbons (Fsp3) is 0.417. The summed E-state index contributed by atoms with van der Waals surface area (Å²) in [7, 11) is 1.81. The Kier molecular flexibility index (Phi) is 5.67. The molecular formula is C24H29N3O2.